The van der Waals surface area contributed by atoms with Crippen molar-refractivity contribution in [1.29, 1.82) is 0 Å². The second-order valence-electron chi connectivity index (χ2n) is 3.98. The Morgan fingerprint density at radius 3 is 2.60 bits per heavy atom. The predicted molar refractivity (Wildman–Crippen MR) is 66.1 cm³/mol. The zero-order valence-corrected chi connectivity index (χ0v) is 10.6. The van der Waals surface area contributed by atoms with E-state index in [1.807, 2.05) is 13.0 Å². The van der Waals surface area contributed by atoms with Gasteiger partial charge < -0.3 is 10.1 Å². The molecule has 0 saturated carbocycles. The third kappa shape index (κ3) is 1.70. The Morgan fingerprint density at radius 1 is 1.33 bits per heavy atom. The minimum atomic E-state index is -0.438. The van der Waals surface area contributed by atoms with Crippen molar-refractivity contribution >= 4 is 26.8 Å². The molecule has 0 fully saturated rings. The van der Waals surface area contributed by atoms with E-state index in [-0.39, 0.29) is 0 Å². The van der Waals surface area contributed by atoms with Crippen LogP contribution in [0.5, 0.6) is 0 Å². The van der Waals surface area contributed by atoms with Crippen LogP contribution in [-0.2, 0) is 0 Å². The van der Waals surface area contributed by atoms with E-state index in [0.717, 1.165) is 26.6 Å². The van der Waals surface area contributed by atoms with Crippen LogP contribution in [0.25, 0.3) is 10.9 Å². The summed E-state index contributed by atoms with van der Waals surface area (Å²) < 4.78 is 1.05. The van der Waals surface area contributed by atoms with Crippen molar-refractivity contribution < 1.29 is 5.11 Å². The van der Waals surface area contributed by atoms with Crippen LogP contribution in [0.1, 0.15) is 29.8 Å². The molecule has 1 heterocycles. The van der Waals surface area contributed by atoms with Gasteiger partial charge in [0.25, 0.3) is 0 Å². The number of benzene rings is 1. The van der Waals surface area contributed by atoms with Gasteiger partial charge in [0, 0.05) is 26.6 Å². The third-order valence-corrected chi connectivity index (χ3v) is 3.18. The van der Waals surface area contributed by atoms with Gasteiger partial charge in [-0.25, -0.2) is 0 Å². The molecular weight excluding hydrogens is 254 g/mol. The number of H-pyrrole nitrogens is 1. The van der Waals surface area contributed by atoms with E-state index in [0.29, 0.717) is 0 Å². The van der Waals surface area contributed by atoms with Crippen LogP contribution in [0.2, 0.25) is 0 Å². The Labute approximate surface area is 97.4 Å². The topological polar surface area (TPSA) is 36.0 Å². The fourth-order valence-corrected chi connectivity index (χ4v) is 2.69. The second-order valence-corrected chi connectivity index (χ2v) is 4.90. The SMILES string of the molecule is Cc1[nH]c2c(C)cc(Br)cc2c1C(C)O. The molecule has 0 amide bonds. The van der Waals surface area contributed by atoms with Crippen LogP contribution in [0.15, 0.2) is 16.6 Å². The van der Waals surface area contributed by atoms with Crippen molar-refractivity contribution in [3.8, 4) is 0 Å². The van der Waals surface area contributed by atoms with E-state index in [1.54, 1.807) is 6.92 Å². The summed E-state index contributed by atoms with van der Waals surface area (Å²) in [6.45, 7) is 5.86. The van der Waals surface area contributed by atoms with E-state index in [9.17, 15) is 5.11 Å². The highest BCUT2D eigenvalue weighted by molar-refractivity contribution is 9.10. The van der Waals surface area contributed by atoms with Crippen molar-refractivity contribution in [1.82, 2.24) is 4.98 Å². The molecule has 0 aliphatic rings. The van der Waals surface area contributed by atoms with Gasteiger partial charge in [-0.1, -0.05) is 15.9 Å². The number of aliphatic hydroxyl groups excluding tert-OH is 1. The van der Waals surface area contributed by atoms with Gasteiger partial charge in [0.15, 0.2) is 0 Å². The number of aromatic nitrogens is 1. The highest BCUT2D eigenvalue weighted by Crippen LogP contribution is 2.31. The summed E-state index contributed by atoms with van der Waals surface area (Å²) in [5.74, 6) is 0. The maximum absolute atomic E-state index is 9.74. The number of nitrogens with one attached hydrogen (secondary N) is 1. The number of hydrogen-bond donors (Lipinski definition) is 2. The number of rotatable bonds is 1. The molecule has 1 atom stereocenters. The molecule has 15 heavy (non-hydrogen) atoms. The van der Waals surface area contributed by atoms with Gasteiger partial charge in [-0.2, -0.15) is 0 Å². The number of aryl methyl sites for hydroxylation is 2. The van der Waals surface area contributed by atoms with Crippen LogP contribution in [-0.4, -0.2) is 10.1 Å². The quantitative estimate of drug-likeness (QED) is 0.814. The molecule has 2 rings (SSSR count). The number of aromatic amines is 1. The van der Waals surface area contributed by atoms with Crippen molar-refractivity contribution in [3.05, 3.63) is 33.4 Å². The van der Waals surface area contributed by atoms with Crippen molar-refractivity contribution in [2.24, 2.45) is 0 Å². The molecule has 0 aliphatic carbocycles. The van der Waals surface area contributed by atoms with Crippen LogP contribution >= 0.6 is 15.9 Å². The predicted octanol–water partition coefficient (Wildman–Crippen LogP) is 3.60. The first-order valence-corrected chi connectivity index (χ1v) is 5.76. The fourth-order valence-electron chi connectivity index (χ4n) is 2.12. The molecule has 1 aromatic carbocycles. The molecule has 0 radical (unpaired) electrons. The van der Waals surface area contributed by atoms with Gasteiger partial charge in [0.1, 0.15) is 0 Å². The molecule has 1 unspecified atom stereocenters. The zero-order valence-electron chi connectivity index (χ0n) is 9.06. The molecule has 0 aliphatic heterocycles. The van der Waals surface area contributed by atoms with Gasteiger partial charge in [-0.05, 0) is 38.5 Å². The number of hydrogen-bond acceptors (Lipinski definition) is 1. The number of fused-ring (bicyclic) bond motifs is 1. The first-order chi connectivity index (χ1) is 7.00. The van der Waals surface area contributed by atoms with Crippen molar-refractivity contribution in [2.45, 2.75) is 26.9 Å². The lowest BCUT2D eigenvalue weighted by Crippen LogP contribution is -1.91. The average Bonchev–Trinajstić information content (AvgIpc) is 2.41. The van der Waals surface area contributed by atoms with Gasteiger partial charge in [-0.3, -0.25) is 0 Å². The van der Waals surface area contributed by atoms with E-state index in [2.05, 4.69) is 33.9 Å². The van der Waals surface area contributed by atoms with E-state index >= 15 is 0 Å². The average molecular weight is 268 g/mol. The van der Waals surface area contributed by atoms with Crippen molar-refractivity contribution in [2.75, 3.05) is 0 Å². The summed E-state index contributed by atoms with van der Waals surface area (Å²) in [6.07, 6.45) is -0.438. The van der Waals surface area contributed by atoms with Gasteiger partial charge in [0.05, 0.1) is 6.10 Å². The largest absolute Gasteiger partial charge is 0.389 e. The van der Waals surface area contributed by atoms with Crippen LogP contribution in [0, 0.1) is 13.8 Å². The summed E-state index contributed by atoms with van der Waals surface area (Å²) in [7, 11) is 0. The van der Waals surface area contributed by atoms with Gasteiger partial charge in [-0.15, -0.1) is 0 Å². The first-order valence-electron chi connectivity index (χ1n) is 4.97. The maximum atomic E-state index is 9.74. The third-order valence-electron chi connectivity index (χ3n) is 2.72. The molecule has 1 aromatic heterocycles. The molecule has 0 spiro atoms. The molecule has 0 bridgehead atoms. The molecule has 3 heteroatoms. The summed E-state index contributed by atoms with van der Waals surface area (Å²) in [5, 5.41) is 10.8. The highest BCUT2D eigenvalue weighted by Gasteiger charge is 2.14. The Kier molecular flexibility index (Phi) is 2.61. The molecular formula is C12H14BrNO. The lowest BCUT2D eigenvalue weighted by Gasteiger charge is -2.04. The second kappa shape index (κ2) is 3.65. The Hall–Kier alpha value is -0.800. The highest BCUT2D eigenvalue weighted by atomic mass is 79.9. The maximum Gasteiger partial charge on any atom is 0.0785 e. The Balaban J connectivity index is 2.86. The standard InChI is InChI=1S/C12H14BrNO/c1-6-4-9(13)5-10-11(8(3)15)7(2)14-12(6)10/h4-5,8,14-15H,1-3H3. The van der Waals surface area contributed by atoms with E-state index in [1.165, 1.54) is 5.56 Å². The zero-order chi connectivity index (χ0) is 11.2. The Bertz CT molecular complexity index is 514. The van der Waals surface area contributed by atoms with Crippen LogP contribution in [0.3, 0.4) is 0 Å². The molecule has 2 nitrogen and oxygen atoms in total. The van der Waals surface area contributed by atoms with E-state index < -0.39 is 6.10 Å². The smallest absolute Gasteiger partial charge is 0.0785 e. The fraction of sp³-hybridized carbons (Fsp3) is 0.333. The summed E-state index contributed by atoms with van der Waals surface area (Å²) >= 11 is 3.48. The number of aliphatic hydroxyl groups is 1. The minimum Gasteiger partial charge on any atom is -0.389 e. The molecule has 0 saturated heterocycles. The molecule has 2 N–H and O–H groups in total. The number of halogens is 1. The molecule has 80 valence electrons. The summed E-state index contributed by atoms with van der Waals surface area (Å²) in [6, 6.07) is 4.12. The lowest BCUT2D eigenvalue weighted by molar-refractivity contribution is 0.200. The minimum absolute atomic E-state index is 0.438. The van der Waals surface area contributed by atoms with E-state index in [4.69, 9.17) is 0 Å². The summed E-state index contributed by atoms with van der Waals surface area (Å²) in [5.41, 5.74) is 4.34. The van der Waals surface area contributed by atoms with Crippen LogP contribution in [0.4, 0.5) is 0 Å². The Morgan fingerprint density at radius 2 is 2.00 bits per heavy atom. The summed E-state index contributed by atoms with van der Waals surface area (Å²) in [4.78, 5) is 3.32. The first kappa shape index (κ1) is 10.7. The van der Waals surface area contributed by atoms with Crippen LogP contribution < -0.4 is 0 Å². The molecule has 2 aromatic rings. The van der Waals surface area contributed by atoms with Gasteiger partial charge >= 0.3 is 0 Å². The van der Waals surface area contributed by atoms with Gasteiger partial charge in [0.2, 0.25) is 0 Å². The monoisotopic (exact) mass is 267 g/mol. The van der Waals surface area contributed by atoms with Crippen molar-refractivity contribution in [3.63, 3.8) is 0 Å². The normalized spacial score (nSPS) is 13.4. The lowest BCUT2D eigenvalue weighted by atomic mass is 10.0.